The number of hydrogen-bond donors (Lipinski definition) is 3. The molecular formula is C25H31N3O4S. The van der Waals surface area contributed by atoms with Crippen molar-refractivity contribution in [2.24, 2.45) is 5.92 Å². The lowest BCUT2D eigenvalue weighted by Crippen LogP contribution is -2.48. The van der Waals surface area contributed by atoms with Crippen molar-refractivity contribution >= 4 is 21.6 Å². The zero-order valence-corrected chi connectivity index (χ0v) is 19.8. The van der Waals surface area contributed by atoms with E-state index in [0.29, 0.717) is 30.1 Å². The average Bonchev–Trinajstić information content (AvgIpc) is 3.62. The highest BCUT2D eigenvalue weighted by Gasteiger charge is 2.23. The van der Waals surface area contributed by atoms with E-state index < -0.39 is 22.2 Å². The van der Waals surface area contributed by atoms with Gasteiger partial charge in [0.15, 0.2) is 0 Å². The van der Waals surface area contributed by atoms with Gasteiger partial charge in [-0.3, -0.25) is 9.10 Å². The van der Waals surface area contributed by atoms with E-state index in [1.807, 2.05) is 30.3 Å². The summed E-state index contributed by atoms with van der Waals surface area (Å²) in [5.74, 6) is 6.39. The summed E-state index contributed by atoms with van der Waals surface area (Å²) in [6, 6.07) is 15.5. The Bertz CT molecular complexity index is 1110. The minimum absolute atomic E-state index is 0.286. The Hall–Kier alpha value is -2.86. The fraction of sp³-hybridized carbons (Fsp3) is 0.400. The summed E-state index contributed by atoms with van der Waals surface area (Å²) in [7, 11) is -2.01. The van der Waals surface area contributed by atoms with Gasteiger partial charge in [0.2, 0.25) is 10.0 Å². The molecule has 0 unspecified atom stereocenters. The first-order valence-electron chi connectivity index (χ1n) is 11.0. The summed E-state index contributed by atoms with van der Waals surface area (Å²) in [6.45, 7) is 0.771. The Labute approximate surface area is 196 Å². The van der Waals surface area contributed by atoms with Crippen LogP contribution in [0.25, 0.3) is 0 Å². The van der Waals surface area contributed by atoms with E-state index >= 15 is 0 Å². The average molecular weight is 470 g/mol. The molecule has 0 spiro atoms. The number of nitrogens with one attached hydrogen (secondary N) is 2. The standard InChI is InChI=1S/C25H31N3O4S/c1-28(33(2,31)32)22-12-6-11-21(17-22)25(30)27-23(16-20-8-4-3-5-9-20)24(29)18-26-15-7-10-19-13-14-19/h3-6,8-9,11-12,17,19,23-24,26,29H,13-16,18H2,1-2H3,(H,27,30)/t23-,24+/m0/s1. The Morgan fingerprint density at radius 2 is 1.91 bits per heavy atom. The van der Waals surface area contributed by atoms with Crippen LogP contribution in [-0.2, 0) is 16.4 Å². The second-order valence-electron chi connectivity index (χ2n) is 8.34. The summed E-state index contributed by atoms with van der Waals surface area (Å²) in [5, 5.41) is 16.9. The maximum absolute atomic E-state index is 13.0. The molecule has 1 fully saturated rings. The molecule has 0 radical (unpaired) electrons. The zero-order chi connectivity index (χ0) is 23.8. The monoisotopic (exact) mass is 469 g/mol. The molecule has 0 bridgehead atoms. The number of anilines is 1. The van der Waals surface area contributed by atoms with Crippen LogP contribution in [0.2, 0.25) is 0 Å². The number of rotatable bonds is 10. The van der Waals surface area contributed by atoms with Crippen molar-refractivity contribution < 1.29 is 18.3 Å². The van der Waals surface area contributed by atoms with E-state index in [2.05, 4.69) is 22.5 Å². The topological polar surface area (TPSA) is 98.7 Å². The van der Waals surface area contributed by atoms with Crippen molar-refractivity contribution in [1.82, 2.24) is 10.6 Å². The molecule has 1 aliphatic rings. The van der Waals surface area contributed by atoms with Crippen LogP contribution < -0.4 is 14.9 Å². The molecular weight excluding hydrogens is 438 g/mol. The minimum atomic E-state index is -3.45. The summed E-state index contributed by atoms with van der Waals surface area (Å²) in [5.41, 5.74) is 1.69. The predicted octanol–water partition coefficient (Wildman–Crippen LogP) is 1.79. The number of carbonyl (C=O) groups is 1. The van der Waals surface area contributed by atoms with Crippen LogP contribution in [0, 0.1) is 17.8 Å². The molecule has 2 atom stereocenters. The van der Waals surface area contributed by atoms with Crippen LogP contribution in [-0.4, -0.2) is 58.0 Å². The van der Waals surface area contributed by atoms with Gasteiger partial charge in [0, 0.05) is 25.1 Å². The molecule has 2 aromatic carbocycles. The third-order valence-electron chi connectivity index (χ3n) is 5.50. The molecule has 0 heterocycles. The first-order chi connectivity index (χ1) is 15.7. The summed E-state index contributed by atoms with van der Waals surface area (Å²) < 4.78 is 24.8. The maximum Gasteiger partial charge on any atom is 0.251 e. The quantitative estimate of drug-likeness (QED) is 0.364. The number of aliphatic hydroxyl groups is 1. The molecule has 33 heavy (non-hydrogen) atoms. The lowest BCUT2D eigenvalue weighted by atomic mass is 10.0. The van der Waals surface area contributed by atoms with Crippen LogP contribution in [0.15, 0.2) is 54.6 Å². The Morgan fingerprint density at radius 1 is 1.18 bits per heavy atom. The van der Waals surface area contributed by atoms with Crippen LogP contribution in [0.5, 0.6) is 0 Å². The molecule has 0 aromatic heterocycles. The van der Waals surface area contributed by atoms with Gasteiger partial charge in [0.1, 0.15) is 0 Å². The molecule has 176 valence electrons. The number of benzene rings is 2. The third-order valence-corrected chi connectivity index (χ3v) is 6.70. The third kappa shape index (κ3) is 7.90. The molecule has 2 aromatic rings. The Morgan fingerprint density at radius 3 is 2.58 bits per heavy atom. The molecule has 7 nitrogen and oxygen atoms in total. The SMILES string of the molecule is CN(c1cccc(C(=O)N[C@@H](Cc2ccccc2)[C@H](O)CNCC#CC2CC2)c1)S(C)(=O)=O. The minimum Gasteiger partial charge on any atom is -0.390 e. The number of amides is 1. The molecule has 8 heteroatoms. The number of hydrogen-bond acceptors (Lipinski definition) is 5. The van der Waals surface area contributed by atoms with Crippen LogP contribution in [0.3, 0.4) is 0 Å². The van der Waals surface area contributed by atoms with E-state index in [4.69, 9.17) is 0 Å². The molecule has 1 saturated carbocycles. The Kier molecular flexibility index (Phi) is 8.50. The highest BCUT2D eigenvalue weighted by atomic mass is 32.2. The van der Waals surface area contributed by atoms with Crippen LogP contribution in [0.1, 0.15) is 28.8 Å². The van der Waals surface area contributed by atoms with Gasteiger partial charge in [0.05, 0.1) is 30.6 Å². The van der Waals surface area contributed by atoms with Crippen molar-refractivity contribution in [1.29, 1.82) is 0 Å². The zero-order valence-electron chi connectivity index (χ0n) is 19.0. The molecule has 1 aliphatic carbocycles. The highest BCUT2D eigenvalue weighted by Crippen LogP contribution is 2.27. The number of nitrogens with zero attached hydrogens (tertiary/aromatic N) is 1. The van der Waals surface area contributed by atoms with Crippen molar-refractivity contribution in [2.45, 2.75) is 31.4 Å². The second-order valence-corrected chi connectivity index (χ2v) is 10.4. The first kappa shape index (κ1) is 24.8. The fourth-order valence-electron chi connectivity index (χ4n) is 3.29. The van der Waals surface area contributed by atoms with Gasteiger partial charge in [-0.1, -0.05) is 48.2 Å². The van der Waals surface area contributed by atoms with Gasteiger partial charge in [-0.2, -0.15) is 0 Å². The van der Waals surface area contributed by atoms with Crippen molar-refractivity contribution in [3.63, 3.8) is 0 Å². The Balaban J connectivity index is 1.69. The van der Waals surface area contributed by atoms with Crippen molar-refractivity contribution in [3.8, 4) is 11.8 Å². The van der Waals surface area contributed by atoms with E-state index in [0.717, 1.165) is 16.1 Å². The molecule has 3 rings (SSSR count). The highest BCUT2D eigenvalue weighted by molar-refractivity contribution is 7.92. The van der Waals surface area contributed by atoms with Crippen molar-refractivity contribution in [2.75, 3.05) is 30.7 Å². The predicted molar refractivity (Wildman–Crippen MR) is 130 cm³/mol. The summed E-state index contributed by atoms with van der Waals surface area (Å²) >= 11 is 0. The number of sulfonamides is 1. The lowest BCUT2D eigenvalue weighted by molar-refractivity contribution is 0.0832. The molecule has 0 aliphatic heterocycles. The van der Waals surface area contributed by atoms with Crippen LogP contribution >= 0.6 is 0 Å². The molecule has 1 amide bonds. The second kappa shape index (κ2) is 11.3. The van der Waals surface area contributed by atoms with Gasteiger partial charge in [0.25, 0.3) is 5.91 Å². The van der Waals surface area contributed by atoms with Crippen molar-refractivity contribution in [3.05, 3.63) is 65.7 Å². The van der Waals surface area contributed by atoms with Gasteiger partial charge >= 0.3 is 0 Å². The van der Waals surface area contributed by atoms with Gasteiger partial charge in [-0.15, -0.1) is 0 Å². The number of aliphatic hydroxyl groups excluding tert-OH is 1. The van der Waals surface area contributed by atoms with Gasteiger partial charge in [-0.05, 0) is 43.0 Å². The normalized spacial score (nSPS) is 15.1. The van der Waals surface area contributed by atoms with Gasteiger partial charge in [-0.25, -0.2) is 8.42 Å². The largest absolute Gasteiger partial charge is 0.390 e. The smallest absolute Gasteiger partial charge is 0.251 e. The van der Waals surface area contributed by atoms with E-state index in [-0.39, 0.29) is 12.5 Å². The fourth-order valence-corrected chi connectivity index (χ4v) is 3.78. The summed E-state index contributed by atoms with van der Waals surface area (Å²) in [6.07, 6.45) is 3.06. The summed E-state index contributed by atoms with van der Waals surface area (Å²) in [4.78, 5) is 13.0. The number of carbonyl (C=O) groups excluding carboxylic acids is 1. The van der Waals surface area contributed by atoms with E-state index in [9.17, 15) is 18.3 Å². The lowest BCUT2D eigenvalue weighted by Gasteiger charge is -2.25. The molecule has 0 saturated heterocycles. The van der Waals surface area contributed by atoms with Crippen LogP contribution in [0.4, 0.5) is 5.69 Å². The first-order valence-corrected chi connectivity index (χ1v) is 12.8. The van der Waals surface area contributed by atoms with Gasteiger partial charge < -0.3 is 15.7 Å². The van der Waals surface area contributed by atoms with E-state index in [1.54, 1.807) is 18.2 Å². The van der Waals surface area contributed by atoms with E-state index in [1.165, 1.54) is 26.0 Å². The maximum atomic E-state index is 13.0. The molecule has 3 N–H and O–H groups in total.